The summed E-state index contributed by atoms with van der Waals surface area (Å²) in [5.41, 5.74) is 1.34. The van der Waals surface area contributed by atoms with Crippen molar-refractivity contribution in [2.45, 2.75) is 18.9 Å². The van der Waals surface area contributed by atoms with Gasteiger partial charge in [0.2, 0.25) is 0 Å². The molecular weight excluding hydrogens is 354 g/mol. The minimum absolute atomic E-state index is 0.0538. The van der Waals surface area contributed by atoms with Crippen LogP contribution in [0.15, 0.2) is 42.5 Å². The number of carbonyl (C=O) groups excluding carboxylic acids is 2. The van der Waals surface area contributed by atoms with Crippen LogP contribution in [0.5, 0.6) is 0 Å². The lowest BCUT2D eigenvalue weighted by Gasteiger charge is -2.33. The zero-order chi connectivity index (χ0) is 19.4. The van der Waals surface area contributed by atoms with Crippen LogP contribution in [0, 0.1) is 11.6 Å². The van der Waals surface area contributed by atoms with Gasteiger partial charge in [0.1, 0.15) is 0 Å². The van der Waals surface area contributed by atoms with Gasteiger partial charge in [-0.3, -0.25) is 4.79 Å². The molecule has 2 aromatic rings. The molecule has 1 atom stereocenters. The number of hydrogen-bond donors (Lipinski definition) is 1. The van der Waals surface area contributed by atoms with Crippen LogP contribution in [-0.4, -0.2) is 43.0 Å². The first-order valence-corrected chi connectivity index (χ1v) is 8.67. The summed E-state index contributed by atoms with van der Waals surface area (Å²) >= 11 is 0. The summed E-state index contributed by atoms with van der Waals surface area (Å²) < 4.78 is 31.1. The molecule has 1 N–H and O–H groups in total. The number of rotatable bonds is 4. The zero-order valence-electron chi connectivity index (χ0n) is 14.9. The van der Waals surface area contributed by atoms with Gasteiger partial charge in [-0.2, -0.15) is 0 Å². The molecule has 7 heteroatoms. The van der Waals surface area contributed by atoms with Gasteiger partial charge in [-0.1, -0.05) is 0 Å². The Hall–Kier alpha value is -2.96. The molecule has 0 bridgehead atoms. The molecule has 1 aliphatic rings. The number of anilines is 1. The van der Waals surface area contributed by atoms with Crippen molar-refractivity contribution in [1.29, 1.82) is 0 Å². The molecule has 1 heterocycles. The van der Waals surface area contributed by atoms with E-state index in [1.807, 2.05) is 0 Å². The Bertz CT molecular complexity index is 840. The van der Waals surface area contributed by atoms with E-state index in [-0.39, 0.29) is 11.9 Å². The van der Waals surface area contributed by atoms with Crippen LogP contribution >= 0.6 is 0 Å². The number of nitrogens with one attached hydrogen (secondary N) is 1. The highest BCUT2D eigenvalue weighted by Gasteiger charge is 2.24. The largest absolute Gasteiger partial charge is 0.465 e. The second-order valence-corrected chi connectivity index (χ2v) is 6.43. The molecular formula is C20H20F2N2O3. The number of ether oxygens (including phenoxy) is 1. The highest BCUT2D eigenvalue weighted by Crippen LogP contribution is 2.20. The molecule has 0 aliphatic carbocycles. The minimum Gasteiger partial charge on any atom is -0.465 e. The van der Waals surface area contributed by atoms with E-state index in [4.69, 9.17) is 0 Å². The molecule has 0 spiro atoms. The van der Waals surface area contributed by atoms with E-state index in [1.165, 1.54) is 13.2 Å². The number of methoxy groups -OCH3 is 1. The van der Waals surface area contributed by atoms with Crippen LogP contribution in [-0.2, 0) is 4.74 Å². The summed E-state index contributed by atoms with van der Waals surface area (Å²) in [4.78, 5) is 25.9. The number of esters is 1. The quantitative estimate of drug-likeness (QED) is 0.833. The smallest absolute Gasteiger partial charge is 0.337 e. The fourth-order valence-electron chi connectivity index (χ4n) is 3.15. The lowest BCUT2D eigenvalue weighted by molar-refractivity contribution is 0.0599. The maximum Gasteiger partial charge on any atom is 0.337 e. The average Bonchev–Trinajstić information content (AvgIpc) is 2.70. The van der Waals surface area contributed by atoms with Crippen molar-refractivity contribution in [1.82, 2.24) is 4.90 Å². The monoisotopic (exact) mass is 374 g/mol. The van der Waals surface area contributed by atoms with Crippen LogP contribution in [0.4, 0.5) is 14.5 Å². The predicted octanol–water partition coefficient (Wildman–Crippen LogP) is 3.47. The predicted molar refractivity (Wildman–Crippen MR) is 96.7 cm³/mol. The number of piperidine rings is 1. The molecule has 0 radical (unpaired) electrons. The molecule has 0 saturated carbocycles. The van der Waals surface area contributed by atoms with Crippen molar-refractivity contribution in [2.24, 2.45) is 0 Å². The zero-order valence-corrected chi connectivity index (χ0v) is 14.9. The Balaban J connectivity index is 1.65. The van der Waals surface area contributed by atoms with Gasteiger partial charge < -0.3 is 15.0 Å². The van der Waals surface area contributed by atoms with Crippen molar-refractivity contribution in [3.8, 4) is 0 Å². The number of hydrogen-bond acceptors (Lipinski definition) is 4. The first-order chi connectivity index (χ1) is 13.0. The minimum atomic E-state index is -0.908. The summed E-state index contributed by atoms with van der Waals surface area (Å²) in [6.45, 7) is 1.07. The molecule has 5 nitrogen and oxygen atoms in total. The lowest BCUT2D eigenvalue weighted by atomic mass is 10.0. The van der Waals surface area contributed by atoms with Crippen LogP contribution in [0.1, 0.15) is 33.6 Å². The first kappa shape index (κ1) is 18.8. The molecule has 1 unspecified atom stereocenters. The van der Waals surface area contributed by atoms with Gasteiger partial charge in [0.05, 0.1) is 12.7 Å². The molecule has 1 saturated heterocycles. The van der Waals surface area contributed by atoms with Gasteiger partial charge in [-0.15, -0.1) is 0 Å². The van der Waals surface area contributed by atoms with Gasteiger partial charge in [0.15, 0.2) is 11.6 Å². The van der Waals surface area contributed by atoms with Crippen LogP contribution in [0.2, 0.25) is 0 Å². The Morgan fingerprint density at radius 2 is 1.78 bits per heavy atom. The fraction of sp³-hybridized carbons (Fsp3) is 0.300. The van der Waals surface area contributed by atoms with Crippen molar-refractivity contribution >= 4 is 17.6 Å². The van der Waals surface area contributed by atoms with E-state index in [2.05, 4.69) is 10.1 Å². The Kier molecular flexibility index (Phi) is 5.69. The normalized spacial score (nSPS) is 16.7. The van der Waals surface area contributed by atoms with E-state index < -0.39 is 17.6 Å². The molecule has 142 valence electrons. The Morgan fingerprint density at radius 1 is 1.07 bits per heavy atom. The highest BCUT2D eigenvalue weighted by molar-refractivity contribution is 5.96. The molecule has 1 aliphatic heterocycles. The van der Waals surface area contributed by atoms with Gasteiger partial charge >= 0.3 is 5.97 Å². The van der Waals surface area contributed by atoms with Crippen LogP contribution < -0.4 is 5.32 Å². The van der Waals surface area contributed by atoms with Gasteiger partial charge in [-0.25, -0.2) is 13.6 Å². The van der Waals surface area contributed by atoms with Gasteiger partial charge in [-0.05, 0) is 49.2 Å². The number of nitrogens with zero attached hydrogens (tertiary/aromatic N) is 1. The second-order valence-electron chi connectivity index (χ2n) is 6.43. The molecule has 3 rings (SSSR count). The van der Waals surface area contributed by atoms with Crippen molar-refractivity contribution in [2.75, 3.05) is 25.5 Å². The molecule has 1 fully saturated rings. The van der Waals surface area contributed by atoms with E-state index in [0.717, 1.165) is 25.0 Å². The van der Waals surface area contributed by atoms with Crippen molar-refractivity contribution < 1.29 is 23.1 Å². The maximum absolute atomic E-state index is 13.4. The number of amides is 1. The van der Waals surface area contributed by atoms with Crippen LogP contribution in [0.3, 0.4) is 0 Å². The number of halogens is 2. The average molecular weight is 374 g/mol. The SMILES string of the molecule is COC(=O)c1ccc(C(=O)N2CCCC(Nc3ccc(F)c(F)c3)C2)cc1. The van der Waals surface area contributed by atoms with E-state index in [0.29, 0.717) is 29.9 Å². The third-order valence-corrected chi connectivity index (χ3v) is 4.55. The van der Waals surface area contributed by atoms with Crippen molar-refractivity contribution in [3.63, 3.8) is 0 Å². The van der Waals surface area contributed by atoms with E-state index in [1.54, 1.807) is 29.2 Å². The topological polar surface area (TPSA) is 58.6 Å². The number of carbonyl (C=O) groups is 2. The molecule has 27 heavy (non-hydrogen) atoms. The third kappa shape index (κ3) is 4.42. The first-order valence-electron chi connectivity index (χ1n) is 8.67. The van der Waals surface area contributed by atoms with Gasteiger partial charge in [0.25, 0.3) is 5.91 Å². The van der Waals surface area contributed by atoms with Crippen molar-refractivity contribution in [3.05, 3.63) is 65.2 Å². The summed E-state index contributed by atoms with van der Waals surface area (Å²) in [5.74, 6) is -2.39. The van der Waals surface area contributed by atoms with Crippen LogP contribution in [0.25, 0.3) is 0 Å². The lowest BCUT2D eigenvalue weighted by Crippen LogP contribution is -2.45. The van der Waals surface area contributed by atoms with E-state index in [9.17, 15) is 18.4 Å². The highest BCUT2D eigenvalue weighted by atomic mass is 19.2. The molecule has 0 aromatic heterocycles. The fourth-order valence-corrected chi connectivity index (χ4v) is 3.15. The Morgan fingerprint density at radius 3 is 2.44 bits per heavy atom. The third-order valence-electron chi connectivity index (χ3n) is 4.55. The summed E-state index contributed by atoms with van der Waals surface area (Å²) in [5, 5.41) is 3.16. The summed E-state index contributed by atoms with van der Waals surface area (Å²) in [6.07, 6.45) is 1.62. The number of benzene rings is 2. The number of likely N-dealkylation sites (tertiary alicyclic amines) is 1. The maximum atomic E-state index is 13.4. The summed E-state index contributed by atoms with van der Waals surface area (Å²) in [6, 6.07) is 9.92. The van der Waals surface area contributed by atoms with E-state index >= 15 is 0 Å². The second kappa shape index (κ2) is 8.16. The standard InChI is InChI=1S/C20H20F2N2O3/c1-27-20(26)14-6-4-13(5-7-14)19(25)24-10-2-3-16(12-24)23-15-8-9-17(21)18(22)11-15/h4-9,11,16,23H,2-3,10,12H2,1H3. The molecule has 2 aromatic carbocycles. The molecule has 1 amide bonds. The Labute approximate surface area is 155 Å². The summed E-state index contributed by atoms with van der Waals surface area (Å²) in [7, 11) is 1.30. The van der Waals surface area contributed by atoms with Gasteiger partial charge in [0, 0.05) is 36.4 Å².